The van der Waals surface area contributed by atoms with Crippen molar-refractivity contribution in [1.82, 2.24) is 9.62 Å². The number of thiophene rings is 1. The monoisotopic (exact) mass is 437 g/mol. The van der Waals surface area contributed by atoms with Crippen LogP contribution in [0.15, 0.2) is 40.6 Å². The lowest BCUT2D eigenvalue weighted by Crippen LogP contribution is -2.43. The summed E-state index contributed by atoms with van der Waals surface area (Å²) in [4.78, 5) is 14.1. The summed E-state index contributed by atoms with van der Waals surface area (Å²) in [5, 5.41) is 12.9. The van der Waals surface area contributed by atoms with Crippen LogP contribution in [0, 0.1) is 10.1 Å². The summed E-state index contributed by atoms with van der Waals surface area (Å²) in [5.74, 6) is 0. The van der Waals surface area contributed by atoms with E-state index in [4.69, 9.17) is 0 Å². The van der Waals surface area contributed by atoms with E-state index in [9.17, 15) is 18.5 Å². The van der Waals surface area contributed by atoms with E-state index in [2.05, 4.69) is 34.9 Å². The van der Waals surface area contributed by atoms with E-state index < -0.39 is 14.9 Å². The first kappa shape index (κ1) is 21.9. The van der Waals surface area contributed by atoms with E-state index in [1.54, 1.807) is 11.3 Å². The molecule has 0 saturated heterocycles. The summed E-state index contributed by atoms with van der Waals surface area (Å²) in [6, 6.07) is 8.01. The zero-order valence-corrected chi connectivity index (χ0v) is 18.3. The topological polar surface area (TPSA) is 92.6 Å². The van der Waals surface area contributed by atoms with Crippen LogP contribution in [0.2, 0.25) is 0 Å². The molecule has 2 aromatic rings. The molecule has 1 aliphatic heterocycles. The first-order chi connectivity index (χ1) is 13.8. The zero-order valence-electron chi connectivity index (χ0n) is 16.7. The van der Waals surface area contributed by atoms with Crippen molar-refractivity contribution in [2.24, 2.45) is 0 Å². The Morgan fingerprint density at radius 2 is 2.00 bits per heavy atom. The fourth-order valence-corrected chi connectivity index (χ4v) is 6.08. The Labute approximate surface area is 175 Å². The number of nitro benzene ring substituents is 1. The van der Waals surface area contributed by atoms with Crippen LogP contribution in [0.4, 0.5) is 5.69 Å². The second-order valence-electron chi connectivity index (χ2n) is 7.37. The van der Waals surface area contributed by atoms with Gasteiger partial charge in [-0.05, 0) is 55.3 Å². The molecule has 7 nitrogen and oxygen atoms in total. The molecule has 1 aromatic heterocycles. The minimum absolute atomic E-state index is 0.0431. The highest BCUT2D eigenvalue weighted by Gasteiger charge is 2.31. The van der Waals surface area contributed by atoms with Crippen molar-refractivity contribution >= 4 is 27.0 Å². The highest BCUT2D eigenvalue weighted by Crippen LogP contribution is 2.37. The van der Waals surface area contributed by atoms with E-state index in [0.29, 0.717) is 25.0 Å². The second kappa shape index (κ2) is 9.34. The number of fused-ring (bicyclic) bond motifs is 1. The Morgan fingerprint density at radius 3 is 2.66 bits per heavy atom. The highest BCUT2D eigenvalue weighted by molar-refractivity contribution is 7.89. The quantitative estimate of drug-likeness (QED) is 0.362. The third-order valence-corrected chi connectivity index (χ3v) is 8.05. The number of benzene rings is 1. The number of nitrogens with zero attached hydrogens (tertiary/aromatic N) is 2. The van der Waals surface area contributed by atoms with Gasteiger partial charge in [0.1, 0.15) is 0 Å². The van der Waals surface area contributed by atoms with Gasteiger partial charge in [0, 0.05) is 42.2 Å². The van der Waals surface area contributed by atoms with Crippen LogP contribution in [0.25, 0.3) is 0 Å². The second-order valence-corrected chi connectivity index (χ2v) is 10.1. The Hall–Kier alpha value is -1.81. The number of hydrogen-bond donors (Lipinski definition) is 1. The Bertz CT molecular complexity index is 941. The van der Waals surface area contributed by atoms with Crippen molar-refractivity contribution in [1.29, 1.82) is 0 Å². The van der Waals surface area contributed by atoms with E-state index >= 15 is 0 Å². The Morgan fingerprint density at radius 1 is 1.28 bits per heavy atom. The molecule has 1 N–H and O–H groups in total. The maximum Gasteiger partial charge on any atom is 0.269 e. The lowest BCUT2D eigenvalue weighted by molar-refractivity contribution is -0.384. The molecule has 9 heteroatoms. The lowest BCUT2D eigenvalue weighted by Gasteiger charge is -2.40. The maximum atomic E-state index is 12.4. The van der Waals surface area contributed by atoms with Gasteiger partial charge in [0.05, 0.1) is 9.82 Å². The van der Waals surface area contributed by atoms with E-state index in [1.807, 2.05) is 0 Å². The predicted octanol–water partition coefficient (Wildman–Crippen LogP) is 4.11. The third kappa shape index (κ3) is 5.03. The van der Waals surface area contributed by atoms with Gasteiger partial charge in [0.2, 0.25) is 10.0 Å². The van der Waals surface area contributed by atoms with Crippen molar-refractivity contribution in [2.45, 2.75) is 56.5 Å². The summed E-state index contributed by atoms with van der Waals surface area (Å²) in [5.41, 5.74) is 1.33. The molecule has 2 atom stereocenters. The molecule has 1 aromatic carbocycles. The molecule has 2 heterocycles. The van der Waals surface area contributed by atoms with E-state index in [-0.39, 0.29) is 10.6 Å². The van der Waals surface area contributed by atoms with E-state index in [0.717, 1.165) is 25.8 Å². The van der Waals surface area contributed by atoms with Gasteiger partial charge in [-0.25, -0.2) is 13.1 Å². The molecule has 0 amide bonds. The van der Waals surface area contributed by atoms with Crippen LogP contribution < -0.4 is 4.72 Å². The third-order valence-electron chi connectivity index (χ3n) is 5.45. The average molecular weight is 438 g/mol. The largest absolute Gasteiger partial charge is 0.292 e. The van der Waals surface area contributed by atoms with Gasteiger partial charge >= 0.3 is 0 Å². The molecule has 3 rings (SSSR count). The summed E-state index contributed by atoms with van der Waals surface area (Å²) in [6.45, 7) is 5.59. The van der Waals surface area contributed by atoms with Crippen molar-refractivity contribution < 1.29 is 13.3 Å². The van der Waals surface area contributed by atoms with Gasteiger partial charge < -0.3 is 0 Å². The van der Waals surface area contributed by atoms with Crippen molar-refractivity contribution in [3.05, 3.63) is 56.3 Å². The number of nitro groups is 1. The molecule has 0 radical (unpaired) electrons. The van der Waals surface area contributed by atoms with Gasteiger partial charge in [-0.15, -0.1) is 11.3 Å². The summed E-state index contributed by atoms with van der Waals surface area (Å²) < 4.78 is 27.5. The van der Waals surface area contributed by atoms with Gasteiger partial charge in [-0.1, -0.05) is 13.3 Å². The zero-order chi connectivity index (χ0) is 21.0. The van der Waals surface area contributed by atoms with Crippen LogP contribution in [-0.4, -0.2) is 37.4 Å². The van der Waals surface area contributed by atoms with Crippen LogP contribution >= 0.6 is 11.3 Å². The number of rotatable bonds is 9. The predicted molar refractivity (Wildman–Crippen MR) is 115 cm³/mol. The molecule has 158 valence electrons. The average Bonchev–Trinajstić information content (AvgIpc) is 3.16. The smallest absolute Gasteiger partial charge is 0.269 e. The summed E-state index contributed by atoms with van der Waals surface area (Å²) >= 11 is 1.80. The van der Waals surface area contributed by atoms with Gasteiger partial charge in [0.15, 0.2) is 0 Å². The minimum atomic E-state index is -3.67. The Balaban J connectivity index is 1.58. The van der Waals surface area contributed by atoms with Gasteiger partial charge in [0.25, 0.3) is 5.69 Å². The molecule has 29 heavy (non-hydrogen) atoms. The molecule has 0 saturated carbocycles. The van der Waals surface area contributed by atoms with E-state index in [1.165, 1.54) is 34.7 Å². The maximum absolute atomic E-state index is 12.4. The van der Waals surface area contributed by atoms with Crippen molar-refractivity contribution in [2.75, 3.05) is 13.1 Å². The van der Waals surface area contributed by atoms with Crippen molar-refractivity contribution in [3.63, 3.8) is 0 Å². The molecule has 0 bridgehead atoms. The molecule has 0 unspecified atom stereocenters. The molecule has 0 aliphatic carbocycles. The van der Waals surface area contributed by atoms with Crippen LogP contribution in [-0.2, 0) is 16.4 Å². The van der Waals surface area contributed by atoms with Gasteiger partial charge in [-0.2, -0.15) is 0 Å². The van der Waals surface area contributed by atoms with Crippen LogP contribution in [0.5, 0.6) is 0 Å². The molecule has 0 fully saturated rings. The van der Waals surface area contributed by atoms with Gasteiger partial charge in [-0.3, -0.25) is 15.0 Å². The fraction of sp³-hybridized carbons (Fsp3) is 0.500. The number of sulfonamides is 1. The Kier molecular flexibility index (Phi) is 7.05. The molecular formula is C20H27N3O4S2. The molecule has 1 aliphatic rings. The number of nitrogens with one attached hydrogen (secondary N) is 1. The minimum Gasteiger partial charge on any atom is -0.292 e. The van der Waals surface area contributed by atoms with Crippen molar-refractivity contribution in [3.8, 4) is 0 Å². The summed E-state index contributed by atoms with van der Waals surface area (Å²) in [7, 11) is -3.67. The van der Waals surface area contributed by atoms with Crippen LogP contribution in [0.1, 0.15) is 49.6 Å². The first-order valence-electron chi connectivity index (χ1n) is 9.89. The molecular weight excluding hydrogens is 410 g/mol. The standard InChI is InChI=1S/C20H27N3O4S2/c1-3-5-18-14-16-10-13-28-20(16)15(2)22(18)12-4-11-21-29(26,27)19-8-6-17(7-9-19)23(24)25/h6-10,13,15,18,21H,3-5,11-12,14H2,1-2H3/t15-,18+/m0/s1. The number of hydrogen-bond acceptors (Lipinski definition) is 6. The SMILES string of the molecule is CCC[C@@H]1Cc2ccsc2[C@H](C)N1CCCNS(=O)(=O)c1ccc([N+](=O)[O-])cc1. The first-order valence-corrected chi connectivity index (χ1v) is 12.3. The highest BCUT2D eigenvalue weighted by atomic mass is 32.2. The normalized spacial score (nSPS) is 19.8. The number of non-ortho nitro benzene ring substituents is 1. The fourth-order valence-electron chi connectivity index (χ4n) is 4.00. The summed E-state index contributed by atoms with van der Waals surface area (Å²) in [6.07, 6.45) is 4.03. The lowest BCUT2D eigenvalue weighted by atomic mass is 9.92. The van der Waals surface area contributed by atoms with Crippen LogP contribution in [0.3, 0.4) is 0 Å². The molecule has 0 spiro atoms.